The molecule has 21 heavy (non-hydrogen) atoms. The van der Waals surface area contributed by atoms with Crippen molar-refractivity contribution in [2.24, 2.45) is 0 Å². The number of halogens is 1. The molecule has 0 saturated heterocycles. The Kier molecular flexibility index (Phi) is 4.03. The zero-order chi connectivity index (χ0) is 14.8. The van der Waals surface area contributed by atoms with E-state index in [1.807, 2.05) is 6.07 Å². The van der Waals surface area contributed by atoms with Crippen LogP contribution in [0.3, 0.4) is 0 Å². The van der Waals surface area contributed by atoms with Crippen LogP contribution in [0.1, 0.15) is 11.8 Å². The molecule has 0 saturated carbocycles. The summed E-state index contributed by atoms with van der Waals surface area (Å²) in [6.07, 6.45) is 4.33. The molecule has 0 atom stereocenters. The third-order valence-corrected chi connectivity index (χ3v) is 4.48. The van der Waals surface area contributed by atoms with E-state index in [4.69, 9.17) is 4.74 Å². The van der Waals surface area contributed by atoms with Crippen molar-refractivity contribution in [2.75, 3.05) is 12.4 Å². The van der Waals surface area contributed by atoms with Crippen LogP contribution in [0.5, 0.6) is 11.6 Å². The largest absolute Gasteiger partial charge is 0.436 e. The summed E-state index contributed by atoms with van der Waals surface area (Å²) in [6, 6.07) is 3.94. The fourth-order valence-corrected chi connectivity index (χ4v) is 3.17. The van der Waals surface area contributed by atoms with Gasteiger partial charge in [0.05, 0.1) is 11.6 Å². The number of thiophene rings is 1. The van der Waals surface area contributed by atoms with Gasteiger partial charge in [0.25, 0.3) is 0 Å². The predicted octanol–water partition coefficient (Wildman–Crippen LogP) is 4.25. The molecule has 3 aromatic heterocycles. The van der Waals surface area contributed by atoms with Crippen LogP contribution >= 0.6 is 27.3 Å². The van der Waals surface area contributed by atoms with Crippen LogP contribution in [0.25, 0.3) is 10.2 Å². The van der Waals surface area contributed by atoms with E-state index in [0.717, 1.165) is 21.1 Å². The van der Waals surface area contributed by atoms with Crippen LogP contribution in [0.4, 0.5) is 5.95 Å². The van der Waals surface area contributed by atoms with Gasteiger partial charge in [0.2, 0.25) is 11.8 Å². The lowest BCUT2D eigenvalue weighted by Gasteiger charge is -2.07. The molecule has 3 rings (SSSR count). The van der Waals surface area contributed by atoms with Crippen molar-refractivity contribution in [3.8, 4) is 11.6 Å². The fourth-order valence-electron chi connectivity index (χ4n) is 1.87. The molecule has 3 heterocycles. The Morgan fingerprint density at radius 2 is 2.14 bits per heavy atom. The Hall–Kier alpha value is -1.73. The number of nitrogens with zero attached hydrogens (tertiary/aromatic N) is 3. The normalized spacial score (nSPS) is 10.8. The number of aryl methyl sites for hydroxylation is 1. The van der Waals surface area contributed by atoms with Gasteiger partial charge in [0.1, 0.15) is 10.6 Å². The topological polar surface area (TPSA) is 59.9 Å². The van der Waals surface area contributed by atoms with Crippen LogP contribution in [0, 0.1) is 0 Å². The number of hydrogen-bond acceptors (Lipinski definition) is 6. The van der Waals surface area contributed by atoms with Crippen molar-refractivity contribution in [1.29, 1.82) is 0 Å². The zero-order valence-electron chi connectivity index (χ0n) is 11.6. The van der Waals surface area contributed by atoms with Gasteiger partial charge in [0, 0.05) is 22.6 Å². The van der Waals surface area contributed by atoms with Crippen molar-refractivity contribution in [2.45, 2.75) is 13.3 Å². The minimum absolute atomic E-state index is 0.542. The summed E-state index contributed by atoms with van der Waals surface area (Å²) in [7, 11) is 1.79. The lowest BCUT2D eigenvalue weighted by molar-refractivity contribution is 0.466. The Morgan fingerprint density at radius 1 is 1.29 bits per heavy atom. The van der Waals surface area contributed by atoms with Crippen molar-refractivity contribution in [1.82, 2.24) is 15.0 Å². The molecule has 108 valence electrons. The second-order valence-electron chi connectivity index (χ2n) is 4.33. The van der Waals surface area contributed by atoms with Gasteiger partial charge >= 0.3 is 0 Å². The van der Waals surface area contributed by atoms with E-state index in [0.29, 0.717) is 17.6 Å². The molecule has 1 N–H and O–H groups in total. The lowest BCUT2D eigenvalue weighted by Crippen LogP contribution is -1.98. The first kappa shape index (κ1) is 14.2. The number of fused-ring (bicyclic) bond motifs is 1. The molecule has 0 fully saturated rings. The minimum Gasteiger partial charge on any atom is -0.436 e. The van der Waals surface area contributed by atoms with Gasteiger partial charge in [-0.1, -0.05) is 6.92 Å². The molecule has 0 spiro atoms. The standard InChI is InChI=1S/C14H13BrN4OS/c1-3-10-5-11-12(18-14(16-2)19-13(11)21-10)20-9-4-8(15)6-17-7-9/h4-7H,3H2,1-2H3,(H,16,18,19). The van der Waals surface area contributed by atoms with Gasteiger partial charge < -0.3 is 10.1 Å². The summed E-state index contributed by atoms with van der Waals surface area (Å²) in [6.45, 7) is 2.12. The molecular weight excluding hydrogens is 352 g/mol. The molecule has 0 aliphatic heterocycles. The second-order valence-corrected chi connectivity index (χ2v) is 6.36. The molecular formula is C14H13BrN4OS. The Morgan fingerprint density at radius 3 is 2.86 bits per heavy atom. The average molecular weight is 365 g/mol. The van der Waals surface area contributed by atoms with E-state index in [1.165, 1.54) is 4.88 Å². The number of aromatic nitrogens is 3. The fraction of sp³-hybridized carbons (Fsp3) is 0.214. The smallest absolute Gasteiger partial charge is 0.232 e. The van der Waals surface area contributed by atoms with Gasteiger partial charge in [-0.05, 0) is 34.5 Å². The summed E-state index contributed by atoms with van der Waals surface area (Å²) in [5.74, 6) is 1.72. The maximum atomic E-state index is 5.90. The summed E-state index contributed by atoms with van der Waals surface area (Å²) in [4.78, 5) is 15.2. The highest BCUT2D eigenvalue weighted by Crippen LogP contribution is 2.34. The number of nitrogens with one attached hydrogen (secondary N) is 1. The van der Waals surface area contributed by atoms with Gasteiger partial charge in [-0.2, -0.15) is 4.98 Å². The van der Waals surface area contributed by atoms with Crippen molar-refractivity contribution in [3.05, 3.63) is 33.9 Å². The first-order valence-corrected chi connectivity index (χ1v) is 8.07. The maximum Gasteiger partial charge on any atom is 0.232 e. The first-order valence-electron chi connectivity index (χ1n) is 6.46. The molecule has 0 amide bonds. The predicted molar refractivity (Wildman–Crippen MR) is 88.4 cm³/mol. The van der Waals surface area contributed by atoms with Crippen molar-refractivity contribution < 1.29 is 4.74 Å². The summed E-state index contributed by atoms with van der Waals surface area (Å²) in [5, 5.41) is 3.89. The van der Waals surface area contributed by atoms with E-state index in [-0.39, 0.29) is 0 Å². The van der Waals surface area contributed by atoms with Crippen LogP contribution in [-0.4, -0.2) is 22.0 Å². The van der Waals surface area contributed by atoms with Gasteiger partial charge in [-0.3, -0.25) is 4.98 Å². The monoisotopic (exact) mass is 364 g/mol. The van der Waals surface area contributed by atoms with E-state index in [1.54, 1.807) is 30.8 Å². The first-order chi connectivity index (χ1) is 10.2. The second kappa shape index (κ2) is 5.95. The van der Waals surface area contributed by atoms with E-state index in [9.17, 15) is 0 Å². The van der Waals surface area contributed by atoms with Gasteiger partial charge in [0.15, 0.2) is 0 Å². The minimum atomic E-state index is 0.542. The molecule has 0 aliphatic rings. The Labute approximate surface area is 134 Å². The average Bonchev–Trinajstić information content (AvgIpc) is 2.90. The number of pyridine rings is 1. The highest BCUT2D eigenvalue weighted by molar-refractivity contribution is 9.10. The van der Waals surface area contributed by atoms with Gasteiger partial charge in [-0.15, -0.1) is 11.3 Å². The number of rotatable bonds is 4. The molecule has 0 unspecified atom stereocenters. The quantitative estimate of drug-likeness (QED) is 0.749. The Bertz CT molecular complexity index is 790. The maximum absolute atomic E-state index is 5.90. The molecule has 0 bridgehead atoms. The van der Waals surface area contributed by atoms with Gasteiger partial charge in [-0.25, -0.2) is 4.98 Å². The zero-order valence-corrected chi connectivity index (χ0v) is 14.0. The number of ether oxygens (including phenoxy) is 1. The van der Waals surface area contributed by atoms with Crippen LogP contribution in [-0.2, 0) is 6.42 Å². The highest BCUT2D eigenvalue weighted by Gasteiger charge is 2.13. The molecule has 3 aromatic rings. The van der Waals surface area contributed by atoms with Crippen molar-refractivity contribution in [3.63, 3.8) is 0 Å². The van der Waals surface area contributed by atoms with Crippen LogP contribution in [0.2, 0.25) is 0 Å². The van der Waals surface area contributed by atoms with E-state index in [2.05, 4.69) is 49.2 Å². The van der Waals surface area contributed by atoms with Crippen molar-refractivity contribution >= 4 is 43.4 Å². The molecule has 0 radical (unpaired) electrons. The van der Waals surface area contributed by atoms with E-state index >= 15 is 0 Å². The third-order valence-electron chi connectivity index (χ3n) is 2.88. The SMILES string of the molecule is CCc1cc2c(Oc3cncc(Br)c3)nc(NC)nc2s1. The highest BCUT2D eigenvalue weighted by atomic mass is 79.9. The summed E-state index contributed by atoms with van der Waals surface area (Å²) < 4.78 is 6.76. The number of hydrogen-bond donors (Lipinski definition) is 1. The molecule has 0 aromatic carbocycles. The van der Waals surface area contributed by atoms with Crippen LogP contribution < -0.4 is 10.1 Å². The number of anilines is 1. The Balaban J connectivity index is 2.09. The summed E-state index contributed by atoms with van der Waals surface area (Å²) in [5.41, 5.74) is 0. The summed E-state index contributed by atoms with van der Waals surface area (Å²) >= 11 is 5.04. The van der Waals surface area contributed by atoms with Crippen LogP contribution in [0.15, 0.2) is 29.0 Å². The molecule has 5 nitrogen and oxygen atoms in total. The molecule has 0 aliphatic carbocycles. The third kappa shape index (κ3) is 2.98. The molecule has 7 heteroatoms. The van der Waals surface area contributed by atoms with E-state index < -0.39 is 0 Å². The lowest BCUT2D eigenvalue weighted by atomic mass is 10.3.